The molecule has 0 aliphatic heterocycles. The predicted molar refractivity (Wildman–Crippen MR) is 76.3 cm³/mol. The number of nitrogens with zero attached hydrogens (tertiary/aromatic N) is 1. The molecular weight excluding hydrogens is 373 g/mol. The standard InChI is InChI=1S/C13H7BrClF3N2O/c14-11-10(2-1-3-19-11)12(21)20-9-5-7(13(16,17)18)4-8(15)6-9/h1-6H,(H,20,21). The topological polar surface area (TPSA) is 42.0 Å². The second kappa shape index (κ2) is 6.03. The first-order valence-electron chi connectivity index (χ1n) is 5.57. The van der Waals surface area contributed by atoms with Gasteiger partial charge in [-0.05, 0) is 46.3 Å². The lowest BCUT2D eigenvalue weighted by atomic mass is 10.2. The van der Waals surface area contributed by atoms with E-state index in [1.165, 1.54) is 18.3 Å². The van der Waals surface area contributed by atoms with Crippen molar-refractivity contribution in [2.75, 3.05) is 5.32 Å². The van der Waals surface area contributed by atoms with Gasteiger partial charge in [0.25, 0.3) is 5.91 Å². The van der Waals surface area contributed by atoms with E-state index in [4.69, 9.17) is 11.6 Å². The average Bonchev–Trinajstić information content (AvgIpc) is 2.37. The van der Waals surface area contributed by atoms with Crippen LogP contribution in [-0.4, -0.2) is 10.9 Å². The second-order valence-electron chi connectivity index (χ2n) is 4.02. The highest BCUT2D eigenvalue weighted by atomic mass is 79.9. The largest absolute Gasteiger partial charge is 0.416 e. The number of anilines is 1. The number of alkyl halides is 3. The van der Waals surface area contributed by atoms with E-state index < -0.39 is 17.6 Å². The van der Waals surface area contributed by atoms with E-state index in [-0.39, 0.29) is 16.3 Å². The summed E-state index contributed by atoms with van der Waals surface area (Å²) in [6, 6.07) is 5.87. The molecule has 0 aliphatic rings. The van der Waals surface area contributed by atoms with Crippen molar-refractivity contribution >= 4 is 39.1 Å². The molecule has 110 valence electrons. The lowest BCUT2D eigenvalue weighted by molar-refractivity contribution is -0.137. The Morgan fingerprint density at radius 1 is 1.29 bits per heavy atom. The minimum absolute atomic E-state index is 0.0458. The number of nitrogens with one attached hydrogen (secondary N) is 1. The molecular formula is C13H7BrClF3N2O. The summed E-state index contributed by atoms with van der Waals surface area (Å²) >= 11 is 8.74. The number of aromatic nitrogens is 1. The second-order valence-corrected chi connectivity index (χ2v) is 5.21. The molecule has 1 aromatic heterocycles. The van der Waals surface area contributed by atoms with Crippen molar-refractivity contribution in [3.63, 3.8) is 0 Å². The fraction of sp³-hybridized carbons (Fsp3) is 0.0769. The number of carbonyl (C=O) groups is 1. The zero-order valence-electron chi connectivity index (χ0n) is 10.2. The SMILES string of the molecule is O=C(Nc1cc(Cl)cc(C(F)(F)F)c1)c1cccnc1Br. The molecule has 21 heavy (non-hydrogen) atoms. The van der Waals surface area contributed by atoms with E-state index in [1.807, 2.05) is 0 Å². The van der Waals surface area contributed by atoms with E-state index in [1.54, 1.807) is 6.07 Å². The van der Waals surface area contributed by atoms with Crippen molar-refractivity contribution in [3.05, 3.63) is 57.3 Å². The monoisotopic (exact) mass is 378 g/mol. The zero-order chi connectivity index (χ0) is 15.6. The summed E-state index contributed by atoms with van der Waals surface area (Å²) in [6.07, 6.45) is -3.07. The molecule has 0 radical (unpaired) electrons. The van der Waals surface area contributed by atoms with Crippen LogP contribution in [0.5, 0.6) is 0 Å². The normalized spacial score (nSPS) is 11.3. The molecule has 1 amide bonds. The minimum Gasteiger partial charge on any atom is -0.322 e. The van der Waals surface area contributed by atoms with E-state index in [0.717, 1.165) is 12.1 Å². The van der Waals surface area contributed by atoms with Gasteiger partial charge in [-0.15, -0.1) is 0 Å². The van der Waals surface area contributed by atoms with Crippen LogP contribution >= 0.6 is 27.5 Å². The van der Waals surface area contributed by atoms with Gasteiger partial charge in [0.05, 0.1) is 11.1 Å². The van der Waals surface area contributed by atoms with Crippen LogP contribution in [0.4, 0.5) is 18.9 Å². The summed E-state index contributed by atoms with van der Waals surface area (Å²) in [5, 5.41) is 2.24. The van der Waals surface area contributed by atoms with Gasteiger partial charge in [0.15, 0.2) is 0 Å². The summed E-state index contributed by atoms with van der Waals surface area (Å²) in [7, 11) is 0. The quantitative estimate of drug-likeness (QED) is 0.764. The van der Waals surface area contributed by atoms with Gasteiger partial charge in [-0.25, -0.2) is 4.98 Å². The molecule has 0 unspecified atom stereocenters. The minimum atomic E-state index is -4.54. The van der Waals surface area contributed by atoms with Crippen LogP contribution in [-0.2, 0) is 6.18 Å². The Hall–Kier alpha value is -1.60. The van der Waals surface area contributed by atoms with Gasteiger partial charge in [0.1, 0.15) is 4.60 Å². The van der Waals surface area contributed by atoms with E-state index in [0.29, 0.717) is 4.60 Å². The van der Waals surface area contributed by atoms with Gasteiger partial charge >= 0.3 is 6.18 Å². The summed E-state index contributed by atoms with van der Waals surface area (Å²) in [5.41, 5.74) is -0.780. The Morgan fingerprint density at radius 3 is 2.62 bits per heavy atom. The van der Waals surface area contributed by atoms with Crippen LogP contribution in [0, 0.1) is 0 Å². The van der Waals surface area contributed by atoms with Gasteiger partial charge < -0.3 is 5.32 Å². The fourth-order valence-corrected chi connectivity index (χ4v) is 2.24. The van der Waals surface area contributed by atoms with Crippen LogP contribution in [0.2, 0.25) is 5.02 Å². The van der Waals surface area contributed by atoms with Gasteiger partial charge in [0, 0.05) is 16.9 Å². The molecule has 1 N–H and O–H groups in total. The molecule has 0 fully saturated rings. The molecule has 0 atom stereocenters. The van der Waals surface area contributed by atoms with Crippen LogP contribution in [0.15, 0.2) is 41.1 Å². The summed E-state index contributed by atoms with van der Waals surface area (Å²) < 4.78 is 38.3. The molecule has 2 aromatic rings. The number of halogens is 5. The maximum absolute atomic E-state index is 12.7. The molecule has 3 nitrogen and oxygen atoms in total. The molecule has 2 rings (SSSR count). The van der Waals surface area contributed by atoms with Gasteiger partial charge in [-0.1, -0.05) is 11.6 Å². The van der Waals surface area contributed by atoms with Crippen molar-refractivity contribution in [1.82, 2.24) is 4.98 Å². The Morgan fingerprint density at radius 2 is 2.00 bits per heavy atom. The lowest BCUT2D eigenvalue weighted by Gasteiger charge is -2.11. The van der Waals surface area contributed by atoms with Crippen LogP contribution in [0.3, 0.4) is 0 Å². The van der Waals surface area contributed by atoms with E-state index in [2.05, 4.69) is 26.2 Å². The zero-order valence-corrected chi connectivity index (χ0v) is 12.6. The number of carbonyl (C=O) groups excluding carboxylic acids is 1. The third-order valence-corrected chi connectivity index (χ3v) is 3.34. The molecule has 0 saturated heterocycles. The number of amides is 1. The van der Waals surface area contributed by atoms with Crippen LogP contribution < -0.4 is 5.32 Å². The Labute approximate surface area is 131 Å². The van der Waals surface area contributed by atoms with Gasteiger partial charge in [-0.3, -0.25) is 4.79 Å². The highest BCUT2D eigenvalue weighted by Crippen LogP contribution is 2.33. The Bertz CT molecular complexity index is 691. The molecule has 1 aromatic carbocycles. The van der Waals surface area contributed by atoms with Gasteiger partial charge in [-0.2, -0.15) is 13.2 Å². The summed E-state index contributed by atoms with van der Waals surface area (Å²) in [4.78, 5) is 15.9. The third kappa shape index (κ3) is 3.95. The predicted octanol–water partition coefficient (Wildman–Crippen LogP) is 4.77. The number of benzene rings is 1. The van der Waals surface area contributed by atoms with Crippen molar-refractivity contribution in [2.24, 2.45) is 0 Å². The van der Waals surface area contributed by atoms with Crippen molar-refractivity contribution in [3.8, 4) is 0 Å². The van der Waals surface area contributed by atoms with Crippen molar-refractivity contribution < 1.29 is 18.0 Å². The summed E-state index contributed by atoms with van der Waals surface area (Å²) in [5.74, 6) is -0.592. The van der Waals surface area contributed by atoms with E-state index in [9.17, 15) is 18.0 Å². The molecule has 0 bridgehead atoms. The van der Waals surface area contributed by atoms with Crippen LogP contribution in [0.1, 0.15) is 15.9 Å². The maximum Gasteiger partial charge on any atom is 0.416 e. The molecule has 0 spiro atoms. The smallest absolute Gasteiger partial charge is 0.322 e. The highest BCUT2D eigenvalue weighted by molar-refractivity contribution is 9.10. The first-order valence-corrected chi connectivity index (χ1v) is 6.74. The summed E-state index contributed by atoms with van der Waals surface area (Å²) in [6.45, 7) is 0. The maximum atomic E-state index is 12.7. The number of rotatable bonds is 2. The highest BCUT2D eigenvalue weighted by Gasteiger charge is 2.31. The molecule has 0 aliphatic carbocycles. The number of hydrogen-bond acceptors (Lipinski definition) is 2. The van der Waals surface area contributed by atoms with Crippen LogP contribution in [0.25, 0.3) is 0 Å². The Kier molecular flexibility index (Phi) is 4.53. The first kappa shape index (κ1) is 15.8. The molecule has 1 heterocycles. The van der Waals surface area contributed by atoms with Crippen molar-refractivity contribution in [1.29, 1.82) is 0 Å². The van der Waals surface area contributed by atoms with Gasteiger partial charge in [0.2, 0.25) is 0 Å². The third-order valence-electron chi connectivity index (χ3n) is 2.49. The van der Waals surface area contributed by atoms with Crippen molar-refractivity contribution in [2.45, 2.75) is 6.18 Å². The molecule has 0 saturated carbocycles. The fourth-order valence-electron chi connectivity index (χ4n) is 1.58. The van der Waals surface area contributed by atoms with E-state index >= 15 is 0 Å². The number of hydrogen-bond donors (Lipinski definition) is 1. The first-order chi connectivity index (χ1) is 9.77. The lowest BCUT2D eigenvalue weighted by Crippen LogP contribution is -2.14. The Balaban J connectivity index is 2.30. The average molecular weight is 380 g/mol. The molecule has 8 heteroatoms. The number of pyridine rings is 1.